The monoisotopic (exact) mass is 229 g/mol. The third kappa shape index (κ3) is 4.18. The van der Waals surface area contributed by atoms with Crippen LogP contribution in [0, 0.1) is 17.8 Å². The number of hydrogen-bond donors (Lipinski definition) is 2. The van der Waals surface area contributed by atoms with Crippen molar-refractivity contribution in [3.63, 3.8) is 0 Å². The van der Waals surface area contributed by atoms with Crippen molar-refractivity contribution in [1.29, 1.82) is 0 Å². The maximum Gasteiger partial charge on any atom is 0.307 e. The van der Waals surface area contributed by atoms with Gasteiger partial charge in [-0.15, -0.1) is 0 Å². The quantitative estimate of drug-likeness (QED) is 0.623. The number of aliphatic carboxylic acids is 1. The Labute approximate surface area is 95.2 Å². The van der Waals surface area contributed by atoms with Crippen LogP contribution in [0.15, 0.2) is 0 Å². The molecule has 0 heterocycles. The molecule has 0 aromatic carbocycles. The van der Waals surface area contributed by atoms with E-state index < -0.39 is 11.9 Å². The normalized spacial score (nSPS) is 23.2. The summed E-state index contributed by atoms with van der Waals surface area (Å²) < 4.78 is 5.29. The molecule has 0 radical (unpaired) electrons. The molecular weight excluding hydrogens is 210 g/mol. The molecule has 1 rings (SSSR count). The smallest absolute Gasteiger partial charge is 0.307 e. The van der Waals surface area contributed by atoms with E-state index >= 15 is 0 Å². The van der Waals surface area contributed by atoms with Gasteiger partial charge in [0.25, 0.3) is 0 Å². The highest BCUT2D eigenvalue weighted by atomic mass is 16.5. The number of carbonyl (C=O) groups excluding carboxylic acids is 1. The third-order valence-corrected chi connectivity index (χ3v) is 2.44. The second-order valence-electron chi connectivity index (χ2n) is 4.55. The summed E-state index contributed by atoms with van der Waals surface area (Å²) in [4.78, 5) is 21.9. The summed E-state index contributed by atoms with van der Waals surface area (Å²) >= 11 is 0. The topological polar surface area (TPSA) is 75.6 Å². The molecule has 16 heavy (non-hydrogen) atoms. The molecular formula is C11H19NO4. The van der Waals surface area contributed by atoms with Gasteiger partial charge in [0.1, 0.15) is 0 Å². The third-order valence-electron chi connectivity index (χ3n) is 2.44. The molecule has 5 nitrogen and oxygen atoms in total. The Kier molecular flexibility index (Phi) is 4.73. The highest BCUT2D eigenvalue weighted by molar-refractivity contribution is 5.89. The predicted octanol–water partition coefficient (Wildman–Crippen LogP) is 0.496. The van der Waals surface area contributed by atoms with Gasteiger partial charge in [0.15, 0.2) is 0 Å². The first-order valence-electron chi connectivity index (χ1n) is 5.60. The molecule has 92 valence electrons. The first-order chi connectivity index (χ1) is 7.52. The Balaban J connectivity index is 2.02. The van der Waals surface area contributed by atoms with Crippen LogP contribution < -0.4 is 5.32 Å². The summed E-state index contributed by atoms with van der Waals surface area (Å²) in [7, 11) is 0. The molecule has 1 aliphatic carbocycles. The van der Waals surface area contributed by atoms with Gasteiger partial charge in [0.05, 0.1) is 18.4 Å². The zero-order valence-electron chi connectivity index (χ0n) is 9.73. The first kappa shape index (κ1) is 13.0. The highest BCUT2D eigenvalue weighted by Gasteiger charge is 2.48. The van der Waals surface area contributed by atoms with Crippen molar-refractivity contribution in [1.82, 2.24) is 5.32 Å². The zero-order chi connectivity index (χ0) is 12.1. The van der Waals surface area contributed by atoms with Crippen LogP contribution in [-0.4, -0.2) is 36.7 Å². The summed E-state index contributed by atoms with van der Waals surface area (Å²) in [6, 6.07) is 0. The minimum absolute atomic E-state index is 0.166. The average Bonchev–Trinajstić information content (AvgIpc) is 2.95. The molecule has 0 spiro atoms. The van der Waals surface area contributed by atoms with Crippen molar-refractivity contribution in [2.75, 3.05) is 19.8 Å². The summed E-state index contributed by atoms with van der Waals surface area (Å²) in [5.74, 6) is -1.37. The minimum Gasteiger partial charge on any atom is -0.481 e. The molecule has 1 saturated carbocycles. The van der Waals surface area contributed by atoms with E-state index in [4.69, 9.17) is 9.84 Å². The van der Waals surface area contributed by atoms with Crippen LogP contribution in [-0.2, 0) is 14.3 Å². The number of nitrogens with one attached hydrogen (secondary N) is 1. The standard InChI is InChI=1S/C11H19NO4/c1-7(2)6-16-4-3-12-10(13)8-5-9(8)11(14)15/h7-9H,3-6H2,1-2H3,(H,12,13)(H,14,15). The van der Waals surface area contributed by atoms with Crippen molar-refractivity contribution in [2.45, 2.75) is 20.3 Å². The van der Waals surface area contributed by atoms with Gasteiger partial charge in [-0.2, -0.15) is 0 Å². The molecule has 0 saturated heterocycles. The second-order valence-corrected chi connectivity index (χ2v) is 4.55. The fourth-order valence-electron chi connectivity index (χ4n) is 1.45. The molecule has 1 aliphatic rings. The van der Waals surface area contributed by atoms with Crippen LogP contribution in [0.25, 0.3) is 0 Å². The van der Waals surface area contributed by atoms with Gasteiger partial charge in [0, 0.05) is 13.2 Å². The molecule has 0 aromatic rings. The van der Waals surface area contributed by atoms with Crippen LogP contribution in [0.5, 0.6) is 0 Å². The van der Waals surface area contributed by atoms with Crippen molar-refractivity contribution in [3.05, 3.63) is 0 Å². The van der Waals surface area contributed by atoms with Crippen LogP contribution in [0.4, 0.5) is 0 Å². The van der Waals surface area contributed by atoms with Gasteiger partial charge in [-0.25, -0.2) is 0 Å². The number of carbonyl (C=O) groups is 2. The number of ether oxygens (including phenoxy) is 1. The average molecular weight is 229 g/mol. The van der Waals surface area contributed by atoms with Crippen LogP contribution in [0.2, 0.25) is 0 Å². The Morgan fingerprint density at radius 1 is 1.44 bits per heavy atom. The van der Waals surface area contributed by atoms with Crippen LogP contribution in [0.3, 0.4) is 0 Å². The highest BCUT2D eigenvalue weighted by Crippen LogP contribution is 2.38. The van der Waals surface area contributed by atoms with E-state index in [0.29, 0.717) is 32.1 Å². The van der Waals surface area contributed by atoms with Gasteiger partial charge in [0.2, 0.25) is 5.91 Å². The second kappa shape index (κ2) is 5.84. The Bertz CT molecular complexity index is 265. The van der Waals surface area contributed by atoms with Crippen molar-refractivity contribution in [3.8, 4) is 0 Å². The van der Waals surface area contributed by atoms with Gasteiger partial charge in [-0.3, -0.25) is 9.59 Å². The molecule has 0 aliphatic heterocycles. The van der Waals surface area contributed by atoms with Gasteiger partial charge < -0.3 is 15.2 Å². The Morgan fingerprint density at radius 3 is 2.62 bits per heavy atom. The molecule has 0 aromatic heterocycles. The Morgan fingerprint density at radius 2 is 2.12 bits per heavy atom. The molecule has 1 amide bonds. The van der Waals surface area contributed by atoms with E-state index in [-0.39, 0.29) is 11.8 Å². The van der Waals surface area contributed by atoms with E-state index in [1.54, 1.807) is 0 Å². The number of carboxylic acids is 1. The fourth-order valence-corrected chi connectivity index (χ4v) is 1.45. The van der Waals surface area contributed by atoms with E-state index in [2.05, 4.69) is 19.2 Å². The van der Waals surface area contributed by atoms with Crippen molar-refractivity contribution >= 4 is 11.9 Å². The van der Waals surface area contributed by atoms with Crippen LogP contribution in [0.1, 0.15) is 20.3 Å². The summed E-state index contributed by atoms with van der Waals surface area (Å²) in [5.41, 5.74) is 0. The SMILES string of the molecule is CC(C)COCCNC(=O)C1CC1C(=O)O. The van der Waals surface area contributed by atoms with E-state index in [1.807, 2.05) is 0 Å². The lowest BCUT2D eigenvalue weighted by Gasteiger charge is -2.07. The fraction of sp³-hybridized carbons (Fsp3) is 0.818. The van der Waals surface area contributed by atoms with E-state index in [0.717, 1.165) is 0 Å². The molecule has 2 unspecified atom stereocenters. The van der Waals surface area contributed by atoms with Gasteiger partial charge >= 0.3 is 5.97 Å². The summed E-state index contributed by atoms with van der Waals surface area (Å²) in [6.07, 6.45) is 0.466. The predicted molar refractivity (Wildman–Crippen MR) is 57.9 cm³/mol. The molecule has 1 fully saturated rings. The molecule has 2 atom stereocenters. The van der Waals surface area contributed by atoms with Crippen molar-refractivity contribution < 1.29 is 19.4 Å². The van der Waals surface area contributed by atoms with Gasteiger partial charge in [-0.1, -0.05) is 13.8 Å². The first-order valence-corrected chi connectivity index (χ1v) is 5.60. The molecule has 0 bridgehead atoms. The minimum atomic E-state index is -0.879. The van der Waals surface area contributed by atoms with Crippen molar-refractivity contribution in [2.24, 2.45) is 17.8 Å². The van der Waals surface area contributed by atoms with Gasteiger partial charge in [-0.05, 0) is 12.3 Å². The molecule has 5 heteroatoms. The maximum atomic E-state index is 11.4. The Hall–Kier alpha value is -1.10. The zero-order valence-corrected chi connectivity index (χ0v) is 9.73. The number of amides is 1. The summed E-state index contributed by atoms with van der Waals surface area (Å²) in [6.45, 7) is 5.72. The lowest BCUT2D eigenvalue weighted by molar-refractivity contribution is -0.140. The van der Waals surface area contributed by atoms with E-state index in [1.165, 1.54) is 0 Å². The number of carboxylic acid groups (broad SMARTS) is 1. The largest absolute Gasteiger partial charge is 0.481 e. The number of rotatable bonds is 7. The maximum absolute atomic E-state index is 11.4. The lowest BCUT2D eigenvalue weighted by atomic mass is 10.2. The summed E-state index contributed by atoms with van der Waals surface area (Å²) in [5, 5.41) is 11.3. The lowest BCUT2D eigenvalue weighted by Crippen LogP contribution is -2.30. The van der Waals surface area contributed by atoms with E-state index in [9.17, 15) is 9.59 Å². The number of hydrogen-bond acceptors (Lipinski definition) is 3. The van der Waals surface area contributed by atoms with Crippen LogP contribution >= 0.6 is 0 Å². The molecule has 2 N–H and O–H groups in total.